The molecule has 1 saturated heterocycles. The Bertz CT molecular complexity index is 418. The molecule has 0 aliphatic carbocycles. The van der Waals surface area contributed by atoms with Gasteiger partial charge in [0.1, 0.15) is 11.6 Å². The number of aryl methyl sites for hydroxylation is 1. The summed E-state index contributed by atoms with van der Waals surface area (Å²) in [5.41, 5.74) is 0. The number of hydrogen-bond donors (Lipinski definition) is 1. The summed E-state index contributed by atoms with van der Waals surface area (Å²) in [6.45, 7) is 8.64. The molecule has 1 aromatic rings. The molecule has 1 aromatic heterocycles. The van der Waals surface area contributed by atoms with Crippen LogP contribution in [0.1, 0.15) is 39.4 Å². The Kier molecular flexibility index (Phi) is 5.59. The Balaban J connectivity index is 1.96. The van der Waals surface area contributed by atoms with E-state index in [4.69, 9.17) is 9.47 Å². The van der Waals surface area contributed by atoms with Gasteiger partial charge in [-0.2, -0.15) is 4.98 Å². The Morgan fingerprint density at radius 1 is 1.45 bits per heavy atom. The smallest absolute Gasteiger partial charge is 0.218 e. The maximum Gasteiger partial charge on any atom is 0.218 e. The molecule has 1 aliphatic rings. The number of anilines is 1. The summed E-state index contributed by atoms with van der Waals surface area (Å²) in [6.07, 6.45) is 3.37. The minimum absolute atomic E-state index is 0.301. The molecule has 1 aliphatic heterocycles. The van der Waals surface area contributed by atoms with E-state index in [0.29, 0.717) is 24.5 Å². The number of hydrogen-bond acceptors (Lipinski definition) is 5. The van der Waals surface area contributed by atoms with E-state index in [1.807, 2.05) is 13.0 Å². The zero-order chi connectivity index (χ0) is 14.4. The summed E-state index contributed by atoms with van der Waals surface area (Å²) >= 11 is 0. The van der Waals surface area contributed by atoms with Gasteiger partial charge in [-0.25, -0.2) is 4.98 Å². The zero-order valence-corrected chi connectivity index (χ0v) is 12.7. The minimum Gasteiger partial charge on any atom is -0.477 e. The quantitative estimate of drug-likeness (QED) is 0.831. The van der Waals surface area contributed by atoms with Crippen molar-refractivity contribution >= 4 is 5.82 Å². The molecule has 0 amide bonds. The molecular formula is C15H25N3O2. The van der Waals surface area contributed by atoms with Gasteiger partial charge in [-0.05, 0) is 18.8 Å². The fourth-order valence-corrected chi connectivity index (χ4v) is 2.07. The van der Waals surface area contributed by atoms with Crippen LogP contribution in [0.15, 0.2) is 6.07 Å². The predicted molar refractivity (Wildman–Crippen MR) is 79.2 cm³/mol. The lowest BCUT2D eigenvalue weighted by Gasteiger charge is -2.14. The third kappa shape index (κ3) is 4.63. The molecule has 0 radical (unpaired) electrons. The molecule has 0 spiro atoms. The largest absolute Gasteiger partial charge is 0.477 e. The van der Waals surface area contributed by atoms with Crippen LogP contribution in [0.5, 0.6) is 5.88 Å². The Labute approximate surface area is 121 Å². The summed E-state index contributed by atoms with van der Waals surface area (Å²) in [5, 5.41) is 3.33. The first-order chi connectivity index (χ1) is 9.67. The summed E-state index contributed by atoms with van der Waals surface area (Å²) in [6, 6.07) is 1.87. The summed E-state index contributed by atoms with van der Waals surface area (Å²) < 4.78 is 11.3. The topological polar surface area (TPSA) is 56.3 Å². The summed E-state index contributed by atoms with van der Waals surface area (Å²) in [5.74, 6) is 2.77. The van der Waals surface area contributed by atoms with Crippen molar-refractivity contribution in [3.63, 3.8) is 0 Å². The standard InChI is InChI=1S/C15H25N3O2/c1-4-13-17-14(16-9-12-6-5-7-19-12)8-15(18-13)20-10-11(2)3/h8,11-12H,4-7,9-10H2,1-3H3,(H,16,17,18). The molecule has 2 heterocycles. The lowest BCUT2D eigenvalue weighted by Crippen LogP contribution is -2.19. The Morgan fingerprint density at radius 2 is 2.30 bits per heavy atom. The van der Waals surface area contributed by atoms with Crippen molar-refractivity contribution in [2.24, 2.45) is 5.92 Å². The summed E-state index contributed by atoms with van der Waals surface area (Å²) in [7, 11) is 0. The molecule has 5 heteroatoms. The number of aromatic nitrogens is 2. The van der Waals surface area contributed by atoms with Gasteiger partial charge in [0, 0.05) is 25.6 Å². The van der Waals surface area contributed by atoms with Gasteiger partial charge in [-0.1, -0.05) is 20.8 Å². The van der Waals surface area contributed by atoms with Gasteiger partial charge in [-0.15, -0.1) is 0 Å². The van der Waals surface area contributed by atoms with Crippen LogP contribution < -0.4 is 10.1 Å². The normalized spacial score (nSPS) is 18.5. The van der Waals surface area contributed by atoms with Crippen LogP contribution in [-0.4, -0.2) is 35.8 Å². The highest BCUT2D eigenvalue weighted by Gasteiger charge is 2.15. The zero-order valence-electron chi connectivity index (χ0n) is 12.7. The first-order valence-electron chi connectivity index (χ1n) is 7.53. The Hall–Kier alpha value is -1.36. The van der Waals surface area contributed by atoms with E-state index in [1.54, 1.807) is 0 Å². The fourth-order valence-electron chi connectivity index (χ4n) is 2.07. The molecule has 0 saturated carbocycles. The van der Waals surface area contributed by atoms with Crippen molar-refractivity contribution in [2.45, 2.75) is 46.1 Å². The van der Waals surface area contributed by atoms with Crippen LogP contribution in [0, 0.1) is 5.92 Å². The van der Waals surface area contributed by atoms with Gasteiger partial charge < -0.3 is 14.8 Å². The summed E-state index contributed by atoms with van der Waals surface area (Å²) in [4.78, 5) is 8.88. The highest BCUT2D eigenvalue weighted by molar-refractivity contribution is 5.38. The maximum atomic E-state index is 5.70. The monoisotopic (exact) mass is 279 g/mol. The lowest BCUT2D eigenvalue weighted by molar-refractivity contribution is 0.120. The number of nitrogens with one attached hydrogen (secondary N) is 1. The molecule has 5 nitrogen and oxygen atoms in total. The van der Waals surface area contributed by atoms with Crippen molar-refractivity contribution < 1.29 is 9.47 Å². The van der Waals surface area contributed by atoms with Crippen LogP contribution in [0.3, 0.4) is 0 Å². The van der Waals surface area contributed by atoms with E-state index < -0.39 is 0 Å². The van der Waals surface area contributed by atoms with Gasteiger partial charge in [0.2, 0.25) is 5.88 Å². The van der Waals surface area contributed by atoms with Crippen molar-refractivity contribution in [2.75, 3.05) is 25.1 Å². The molecule has 1 atom stereocenters. The molecule has 1 unspecified atom stereocenters. The molecule has 0 bridgehead atoms. The van der Waals surface area contributed by atoms with Crippen molar-refractivity contribution in [3.8, 4) is 5.88 Å². The minimum atomic E-state index is 0.301. The maximum absolute atomic E-state index is 5.70. The molecule has 0 aromatic carbocycles. The van der Waals surface area contributed by atoms with Gasteiger partial charge >= 0.3 is 0 Å². The van der Waals surface area contributed by atoms with E-state index in [1.165, 1.54) is 0 Å². The van der Waals surface area contributed by atoms with E-state index in [9.17, 15) is 0 Å². The molecular weight excluding hydrogens is 254 g/mol. The molecule has 20 heavy (non-hydrogen) atoms. The number of rotatable bonds is 7. The van der Waals surface area contributed by atoms with E-state index in [2.05, 4.69) is 29.1 Å². The Morgan fingerprint density at radius 3 is 2.95 bits per heavy atom. The fraction of sp³-hybridized carbons (Fsp3) is 0.733. The highest BCUT2D eigenvalue weighted by Crippen LogP contribution is 2.17. The van der Waals surface area contributed by atoms with Crippen LogP contribution in [0.25, 0.3) is 0 Å². The second-order valence-electron chi connectivity index (χ2n) is 5.58. The van der Waals surface area contributed by atoms with Gasteiger partial charge in [-0.3, -0.25) is 0 Å². The second kappa shape index (κ2) is 7.43. The van der Waals surface area contributed by atoms with E-state index in [0.717, 1.165) is 44.1 Å². The van der Waals surface area contributed by atoms with Crippen LogP contribution >= 0.6 is 0 Å². The number of ether oxygens (including phenoxy) is 2. The lowest BCUT2D eigenvalue weighted by atomic mass is 10.2. The first-order valence-corrected chi connectivity index (χ1v) is 7.53. The van der Waals surface area contributed by atoms with Gasteiger partial charge in [0.25, 0.3) is 0 Å². The van der Waals surface area contributed by atoms with Crippen molar-refractivity contribution in [1.82, 2.24) is 9.97 Å². The van der Waals surface area contributed by atoms with Crippen LogP contribution in [-0.2, 0) is 11.2 Å². The van der Waals surface area contributed by atoms with Crippen molar-refractivity contribution in [1.29, 1.82) is 0 Å². The first kappa shape index (κ1) is 15.0. The third-order valence-electron chi connectivity index (χ3n) is 3.16. The average Bonchev–Trinajstić information content (AvgIpc) is 2.96. The third-order valence-corrected chi connectivity index (χ3v) is 3.16. The van der Waals surface area contributed by atoms with E-state index in [-0.39, 0.29) is 0 Å². The highest BCUT2D eigenvalue weighted by atomic mass is 16.5. The van der Waals surface area contributed by atoms with E-state index >= 15 is 0 Å². The van der Waals surface area contributed by atoms with Crippen LogP contribution in [0.2, 0.25) is 0 Å². The predicted octanol–water partition coefficient (Wildman–Crippen LogP) is 2.66. The SMILES string of the molecule is CCc1nc(NCC2CCCO2)cc(OCC(C)C)n1. The molecule has 1 N–H and O–H groups in total. The van der Waals surface area contributed by atoms with Crippen molar-refractivity contribution in [3.05, 3.63) is 11.9 Å². The number of nitrogens with zero attached hydrogens (tertiary/aromatic N) is 2. The molecule has 2 rings (SSSR count). The van der Waals surface area contributed by atoms with Gasteiger partial charge in [0.15, 0.2) is 0 Å². The molecule has 112 valence electrons. The average molecular weight is 279 g/mol. The van der Waals surface area contributed by atoms with Crippen LogP contribution in [0.4, 0.5) is 5.82 Å². The van der Waals surface area contributed by atoms with Gasteiger partial charge in [0.05, 0.1) is 12.7 Å². The second-order valence-corrected chi connectivity index (χ2v) is 5.58. The molecule has 1 fully saturated rings.